The van der Waals surface area contributed by atoms with Crippen molar-refractivity contribution in [3.63, 3.8) is 0 Å². The van der Waals surface area contributed by atoms with E-state index in [1.165, 1.54) is 0 Å². The fourth-order valence-electron chi connectivity index (χ4n) is 2.30. The molecule has 6 heteroatoms. The van der Waals surface area contributed by atoms with Crippen LogP contribution in [0.15, 0.2) is 24.3 Å². The fraction of sp³-hybridized carbons (Fsp3) is 0.588. The number of rotatable bonds is 5. The molecule has 1 fully saturated rings. The third kappa shape index (κ3) is 4.13. The summed E-state index contributed by atoms with van der Waals surface area (Å²) in [6, 6.07) is 7.44. The van der Waals surface area contributed by atoms with E-state index in [1.54, 1.807) is 6.07 Å². The Bertz CT molecular complexity index is 557. The van der Waals surface area contributed by atoms with Crippen LogP contribution in [0.4, 0.5) is 0 Å². The summed E-state index contributed by atoms with van der Waals surface area (Å²) in [6.45, 7) is 9.50. The Labute approximate surface area is 139 Å². The van der Waals surface area contributed by atoms with Crippen LogP contribution >= 0.6 is 0 Å². The number of nitrogens with one attached hydrogen (secondary N) is 1. The van der Waals surface area contributed by atoms with Gasteiger partial charge in [0.1, 0.15) is 0 Å². The topological polar surface area (TPSA) is 50.8 Å². The summed E-state index contributed by atoms with van der Waals surface area (Å²) in [5.41, 5.74) is 0.711. The Kier molecular flexibility index (Phi) is 5.18. The van der Waals surface area contributed by atoms with Crippen molar-refractivity contribution in [1.82, 2.24) is 10.2 Å². The molecule has 1 saturated heterocycles. The third-order valence-corrected chi connectivity index (χ3v) is 4.52. The fourth-order valence-corrected chi connectivity index (χ4v) is 2.30. The van der Waals surface area contributed by atoms with Crippen LogP contribution in [-0.4, -0.2) is 56.3 Å². The van der Waals surface area contributed by atoms with Crippen molar-refractivity contribution in [2.45, 2.75) is 38.9 Å². The molecule has 1 aliphatic rings. The van der Waals surface area contributed by atoms with Gasteiger partial charge in [-0.15, -0.1) is 0 Å². The van der Waals surface area contributed by atoms with E-state index in [2.05, 4.69) is 5.32 Å². The van der Waals surface area contributed by atoms with Crippen LogP contribution in [0.3, 0.4) is 0 Å². The normalized spacial score (nSPS) is 19.2. The Hall–Kier alpha value is -1.37. The average molecular weight is 318 g/mol. The molecule has 2 rings (SSSR count). The predicted octanol–water partition coefficient (Wildman–Crippen LogP) is 1.28. The number of carbonyl (C=O) groups is 1. The van der Waals surface area contributed by atoms with E-state index in [0.717, 1.165) is 12.0 Å². The zero-order valence-corrected chi connectivity index (χ0v) is 15.0. The first-order valence-electron chi connectivity index (χ1n) is 8.01. The highest BCUT2D eigenvalue weighted by atomic mass is 16.7. The molecular weight excluding hydrogens is 291 g/mol. The molecule has 1 amide bonds. The van der Waals surface area contributed by atoms with E-state index in [0.29, 0.717) is 12.1 Å². The highest BCUT2D eigenvalue weighted by molar-refractivity contribution is 6.62. The summed E-state index contributed by atoms with van der Waals surface area (Å²) < 4.78 is 12.1. The second-order valence-electron chi connectivity index (χ2n) is 7.27. The second-order valence-corrected chi connectivity index (χ2v) is 7.27. The van der Waals surface area contributed by atoms with Gasteiger partial charge in [0.05, 0.1) is 11.2 Å². The first kappa shape index (κ1) is 18.0. The molecule has 0 atom stereocenters. The van der Waals surface area contributed by atoms with E-state index in [1.807, 2.05) is 64.9 Å². The SMILES string of the molecule is CN(C)CCNC(=O)c1cccc(B2OC(C)(C)C(C)(C)O2)c1. The molecular formula is C17H27BN2O3. The quantitative estimate of drug-likeness (QED) is 0.831. The van der Waals surface area contributed by atoms with Gasteiger partial charge in [-0.05, 0) is 59.4 Å². The first-order chi connectivity index (χ1) is 10.6. The van der Waals surface area contributed by atoms with Crippen LogP contribution < -0.4 is 10.8 Å². The van der Waals surface area contributed by atoms with Gasteiger partial charge >= 0.3 is 7.12 Å². The summed E-state index contributed by atoms with van der Waals surface area (Å²) in [5, 5.41) is 2.92. The molecule has 0 unspecified atom stereocenters. The van der Waals surface area contributed by atoms with Crippen LogP contribution in [-0.2, 0) is 9.31 Å². The van der Waals surface area contributed by atoms with Gasteiger partial charge in [0.25, 0.3) is 5.91 Å². The molecule has 0 radical (unpaired) electrons. The number of amides is 1. The summed E-state index contributed by atoms with van der Waals surface area (Å²) in [7, 11) is 3.50. The minimum Gasteiger partial charge on any atom is -0.399 e. The molecule has 5 nitrogen and oxygen atoms in total. The van der Waals surface area contributed by atoms with Gasteiger partial charge in [0.15, 0.2) is 0 Å². The largest absolute Gasteiger partial charge is 0.494 e. The van der Waals surface area contributed by atoms with E-state index in [4.69, 9.17) is 9.31 Å². The third-order valence-electron chi connectivity index (χ3n) is 4.52. The maximum Gasteiger partial charge on any atom is 0.494 e. The molecule has 23 heavy (non-hydrogen) atoms. The van der Waals surface area contributed by atoms with E-state index in [9.17, 15) is 4.79 Å². The lowest BCUT2D eigenvalue weighted by Crippen LogP contribution is -2.41. The van der Waals surface area contributed by atoms with Gasteiger partial charge in [-0.2, -0.15) is 0 Å². The molecule has 0 bridgehead atoms. The van der Waals surface area contributed by atoms with Crippen LogP contribution in [0.2, 0.25) is 0 Å². The summed E-state index contributed by atoms with van der Waals surface area (Å²) in [4.78, 5) is 14.3. The Morgan fingerprint density at radius 3 is 2.35 bits per heavy atom. The Balaban J connectivity index is 2.07. The van der Waals surface area contributed by atoms with Gasteiger partial charge in [0, 0.05) is 18.7 Å². The molecule has 1 N–H and O–H groups in total. The molecule has 0 spiro atoms. The zero-order valence-electron chi connectivity index (χ0n) is 15.0. The maximum absolute atomic E-state index is 12.2. The maximum atomic E-state index is 12.2. The molecule has 1 heterocycles. The highest BCUT2D eigenvalue weighted by Crippen LogP contribution is 2.36. The summed E-state index contributed by atoms with van der Waals surface area (Å²) in [5.74, 6) is -0.0785. The van der Waals surface area contributed by atoms with Crippen LogP contribution in [0, 0.1) is 0 Å². The van der Waals surface area contributed by atoms with Crippen molar-refractivity contribution < 1.29 is 14.1 Å². The van der Waals surface area contributed by atoms with Crippen LogP contribution in [0.25, 0.3) is 0 Å². The number of hydrogen-bond donors (Lipinski definition) is 1. The number of hydrogen-bond acceptors (Lipinski definition) is 4. The monoisotopic (exact) mass is 318 g/mol. The van der Waals surface area contributed by atoms with Gasteiger partial charge in [0.2, 0.25) is 0 Å². The predicted molar refractivity (Wildman–Crippen MR) is 93.0 cm³/mol. The van der Waals surface area contributed by atoms with Crippen molar-refractivity contribution in [3.8, 4) is 0 Å². The molecule has 1 aromatic carbocycles. The van der Waals surface area contributed by atoms with Gasteiger partial charge in [-0.1, -0.05) is 12.1 Å². The number of carbonyl (C=O) groups excluding carboxylic acids is 1. The van der Waals surface area contributed by atoms with Gasteiger partial charge in [-0.25, -0.2) is 0 Å². The lowest BCUT2D eigenvalue weighted by atomic mass is 9.78. The molecule has 0 aliphatic carbocycles. The van der Waals surface area contributed by atoms with E-state index >= 15 is 0 Å². The van der Waals surface area contributed by atoms with Crippen LogP contribution in [0.5, 0.6) is 0 Å². The van der Waals surface area contributed by atoms with Crippen molar-refractivity contribution in [2.75, 3.05) is 27.2 Å². The number of likely N-dealkylation sites (N-methyl/N-ethyl adjacent to an activating group) is 1. The van der Waals surface area contributed by atoms with Crippen molar-refractivity contribution in [1.29, 1.82) is 0 Å². The minimum atomic E-state index is -0.450. The van der Waals surface area contributed by atoms with Gasteiger partial charge < -0.3 is 19.5 Å². The summed E-state index contributed by atoms with van der Waals surface area (Å²) >= 11 is 0. The average Bonchev–Trinajstić information content (AvgIpc) is 2.67. The molecule has 1 aliphatic heterocycles. The summed E-state index contributed by atoms with van der Waals surface area (Å²) in [6.07, 6.45) is 0. The minimum absolute atomic E-state index is 0.0785. The highest BCUT2D eigenvalue weighted by Gasteiger charge is 2.51. The molecule has 0 saturated carbocycles. The van der Waals surface area contributed by atoms with Crippen molar-refractivity contribution in [3.05, 3.63) is 29.8 Å². The molecule has 0 aromatic heterocycles. The lowest BCUT2D eigenvalue weighted by Gasteiger charge is -2.32. The molecule has 1 aromatic rings. The zero-order chi connectivity index (χ0) is 17.3. The van der Waals surface area contributed by atoms with Crippen molar-refractivity contribution in [2.24, 2.45) is 0 Å². The Morgan fingerprint density at radius 2 is 1.78 bits per heavy atom. The number of benzene rings is 1. The van der Waals surface area contributed by atoms with Crippen LogP contribution in [0.1, 0.15) is 38.1 Å². The van der Waals surface area contributed by atoms with Crippen molar-refractivity contribution >= 4 is 18.5 Å². The van der Waals surface area contributed by atoms with E-state index < -0.39 is 7.12 Å². The number of nitrogens with zero attached hydrogens (tertiary/aromatic N) is 1. The second kappa shape index (κ2) is 6.63. The van der Waals surface area contributed by atoms with E-state index in [-0.39, 0.29) is 17.1 Å². The standard InChI is InChI=1S/C17H27BN2O3/c1-16(2)17(3,4)23-18(22-16)14-9-7-8-13(12-14)15(21)19-10-11-20(5)6/h7-9,12H,10-11H2,1-6H3,(H,19,21). The molecule has 126 valence electrons. The lowest BCUT2D eigenvalue weighted by molar-refractivity contribution is 0.00578. The smallest absolute Gasteiger partial charge is 0.399 e. The first-order valence-corrected chi connectivity index (χ1v) is 8.01. The Morgan fingerprint density at radius 1 is 1.17 bits per heavy atom. The van der Waals surface area contributed by atoms with Gasteiger partial charge in [-0.3, -0.25) is 4.79 Å².